The zero-order valence-electron chi connectivity index (χ0n) is 9.21. The molecule has 0 N–H and O–H groups in total. The summed E-state index contributed by atoms with van der Waals surface area (Å²) in [6, 6.07) is 7.92. The average molecular weight is 350 g/mol. The van der Waals surface area contributed by atoms with Crippen LogP contribution in [0.25, 0.3) is 0 Å². The summed E-state index contributed by atoms with van der Waals surface area (Å²) >= 11 is 17.6. The number of alkyl halides is 1. The van der Waals surface area contributed by atoms with Gasteiger partial charge in [0.15, 0.2) is 0 Å². The number of hydrogen-bond donors (Lipinski definition) is 0. The number of hydrogen-bond acceptors (Lipinski definition) is 1. The van der Waals surface area contributed by atoms with E-state index in [1.165, 1.54) is 10.4 Å². The molecular formula is C13H11BrCl2S. The molecule has 0 bridgehead atoms. The van der Waals surface area contributed by atoms with E-state index >= 15 is 0 Å². The molecule has 0 spiro atoms. The van der Waals surface area contributed by atoms with Crippen LogP contribution in [0.15, 0.2) is 29.6 Å². The maximum absolute atomic E-state index is 6.26. The van der Waals surface area contributed by atoms with Crippen molar-refractivity contribution in [3.63, 3.8) is 0 Å². The first-order valence-electron chi connectivity index (χ1n) is 5.20. The van der Waals surface area contributed by atoms with Crippen molar-refractivity contribution in [3.8, 4) is 0 Å². The van der Waals surface area contributed by atoms with Crippen LogP contribution in [0.5, 0.6) is 0 Å². The van der Waals surface area contributed by atoms with Crippen LogP contribution in [0.2, 0.25) is 10.0 Å². The Labute approximate surface area is 124 Å². The van der Waals surface area contributed by atoms with Crippen molar-refractivity contribution in [1.29, 1.82) is 0 Å². The van der Waals surface area contributed by atoms with Crippen LogP contribution in [-0.4, -0.2) is 0 Å². The maximum atomic E-state index is 6.26. The molecule has 1 unspecified atom stereocenters. The summed E-state index contributed by atoms with van der Waals surface area (Å²) < 4.78 is 0. The molecule has 1 aromatic carbocycles. The summed E-state index contributed by atoms with van der Waals surface area (Å²) in [6.07, 6.45) is 0.889. The quantitative estimate of drug-likeness (QED) is 0.592. The predicted molar refractivity (Wildman–Crippen MR) is 80.9 cm³/mol. The summed E-state index contributed by atoms with van der Waals surface area (Å²) in [5, 5.41) is 3.73. The summed E-state index contributed by atoms with van der Waals surface area (Å²) in [7, 11) is 0. The molecule has 0 saturated heterocycles. The van der Waals surface area contributed by atoms with Gasteiger partial charge < -0.3 is 0 Å². The zero-order chi connectivity index (χ0) is 12.4. The second-order valence-corrected chi connectivity index (χ2v) is 6.73. The highest BCUT2D eigenvalue weighted by Gasteiger charge is 2.15. The highest BCUT2D eigenvalue weighted by molar-refractivity contribution is 9.09. The average Bonchev–Trinajstić information content (AvgIpc) is 2.60. The van der Waals surface area contributed by atoms with Crippen molar-refractivity contribution in [3.05, 3.63) is 55.7 Å². The highest BCUT2D eigenvalue weighted by atomic mass is 79.9. The molecule has 1 heterocycles. The molecule has 17 heavy (non-hydrogen) atoms. The minimum absolute atomic E-state index is 0.243. The lowest BCUT2D eigenvalue weighted by atomic mass is 10.1. The molecular weight excluding hydrogens is 339 g/mol. The first-order chi connectivity index (χ1) is 8.08. The van der Waals surface area contributed by atoms with Gasteiger partial charge in [-0.2, -0.15) is 0 Å². The Hall–Kier alpha value is -0.0200. The summed E-state index contributed by atoms with van der Waals surface area (Å²) in [4.78, 5) is 1.43. The van der Waals surface area contributed by atoms with Crippen LogP contribution < -0.4 is 0 Å². The van der Waals surface area contributed by atoms with E-state index in [1.807, 2.05) is 25.1 Å². The second kappa shape index (κ2) is 5.75. The van der Waals surface area contributed by atoms with Crippen LogP contribution >= 0.6 is 50.5 Å². The van der Waals surface area contributed by atoms with Gasteiger partial charge in [0.25, 0.3) is 0 Å². The van der Waals surface area contributed by atoms with Crippen molar-refractivity contribution < 1.29 is 0 Å². The number of halogens is 3. The van der Waals surface area contributed by atoms with Gasteiger partial charge in [-0.15, -0.1) is 11.3 Å². The fourth-order valence-corrected chi connectivity index (χ4v) is 4.20. The second-order valence-electron chi connectivity index (χ2n) is 3.90. The first-order valence-corrected chi connectivity index (χ1v) is 7.75. The third-order valence-corrected chi connectivity index (χ3v) is 5.66. The van der Waals surface area contributed by atoms with Gasteiger partial charge in [-0.25, -0.2) is 0 Å². The van der Waals surface area contributed by atoms with Gasteiger partial charge >= 0.3 is 0 Å². The van der Waals surface area contributed by atoms with E-state index in [1.54, 1.807) is 11.3 Å². The normalized spacial score (nSPS) is 12.7. The van der Waals surface area contributed by atoms with Gasteiger partial charge in [-0.1, -0.05) is 51.3 Å². The van der Waals surface area contributed by atoms with E-state index < -0.39 is 0 Å². The van der Waals surface area contributed by atoms with Gasteiger partial charge in [0.1, 0.15) is 0 Å². The minimum atomic E-state index is 0.243. The lowest BCUT2D eigenvalue weighted by molar-refractivity contribution is 0.969. The van der Waals surface area contributed by atoms with E-state index in [-0.39, 0.29) is 4.83 Å². The van der Waals surface area contributed by atoms with Crippen LogP contribution in [0.1, 0.15) is 20.8 Å². The fourth-order valence-electron chi connectivity index (χ4n) is 1.62. The number of aryl methyl sites for hydroxylation is 1. The Morgan fingerprint density at radius 3 is 2.71 bits per heavy atom. The maximum Gasteiger partial charge on any atom is 0.0585 e. The first kappa shape index (κ1) is 13.4. The summed E-state index contributed by atoms with van der Waals surface area (Å²) in [6.45, 7) is 2.03. The van der Waals surface area contributed by atoms with E-state index in [2.05, 4.69) is 27.4 Å². The van der Waals surface area contributed by atoms with Gasteiger partial charge in [0, 0.05) is 9.90 Å². The molecule has 1 aromatic heterocycles. The largest absolute Gasteiger partial charge is 0.146 e. The third-order valence-electron chi connectivity index (χ3n) is 2.51. The molecule has 0 nitrogen and oxygen atoms in total. The predicted octanol–water partition coefficient (Wildman–Crippen LogP) is 6.04. The summed E-state index contributed by atoms with van der Waals surface area (Å²) in [5.41, 5.74) is 2.35. The Bertz CT molecular complexity index is 522. The number of thiophene rings is 1. The molecule has 1 atom stereocenters. The highest BCUT2D eigenvalue weighted by Crippen LogP contribution is 2.38. The molecule has 0 saturated carbocycles. The topological polar surface area (TPSA) is 0 Å². The van der Waals surface area contributed by atoms with E-state index in [4.69, 9.17) is 23.2 Å². The van der Waals surface area contributed by atoms with Crippen LogP contribution in [0, 0.1) is 6.92 Å². The zero-order valence-corrected chi connectivity index (χ0v) is 13.1. The molecule has 0 amide bonds. The Balaban J connectivity index is 2.17. The Morgan fingerprint density at radius 2 is 2.12 bits per heavy atom. The number of benzene rings is 1. The smallest absolute Gasteiger partial charge is 0.0585 e. The van der Waals surface area contributed by atoms with Crippen molar-refractivity contribution in [2.45, 2.75) is 18.2 Å². The van der Waals surface area contributed by atoms with Crippen LogP contribution in [-0.2, 0) is 6.42 Å². The van der Waals surface area contributed by atoms with E-state index in [0.717, 1.165) is 22.0 Å². The molecule has 0 radical (unpaired) electrons. The molecule has 0 fully saturated rings. The summed E-state index contributed by atoms with van der Waals surface area (Å²) in [5.74, 6) is 0. The Kier molecular flexibility index (Phi) is 4.53. The fraction of sp³-hybridized carbons (Fsp3) is 0.231. The van der Waals surface area contributed by atoms with Crippen molar-refractivity contribution in [2.75, 3.05) is 0 Å². The van der Waals surface area contributed by atoms with Gasteiger partial charge in [0.2, 0.25) is 0 Å². The molecule has 2 rings (SSSR count). The van der Waals surface area contributed by atoms with Crippen molar-refractivity contribution >= 4 is 50.5 Å². The molecule has 90 valence electrons. The lowest BCUT2D eigenvalue weighted by Gasteiger charge is -2.09. The van der Waals surface area contributed by atoms with Gasteiger partial charge in [-0.05, 0) is 42.0 Å². The number of rotatable bonds is 3. The van der Waals surface area contributed by atoms with Crippen molar-refractivity contribution in [1.82, 2.24) is 0 Å². The molecule has 0 aliphatic carbocycles. The Morgan fingerprint density at radius 1 is 1.35 bits per heavy atom. The molecule has 0 aliphatic heterocycles. The van der Waals surface area contributed by atoms with Crippen LogP contribution in [0.3, 0.4) is 0 Å². The van der Waals surface area contributed by atoms with E-state index in [0.29, 0.717) is 0 Å². The molecule has 0 aliphatic rings. The molecule has 4 heteroatoms. The van der Waals surface area contributed by atoms with Crippen molar-refractivity contribution in [2.24, 2.45) is 0 Å². The monoisotopic (exact) mass is 348 g/mol. The SMILES string of the molecule is Cc1csc(C(Br)Cc2cccc(Cl)c2)c1Cl. The minimum Gasteiger partial charge on any atom is -0.146 e. The van der Waals surface area contributed by atoms with E-state index in [9.17, 15) is 0 Å². The lowest BCUT2D eigenvalue weighted by Crippen LogP contribution is -1.93. The van der Waals surface area contributed by atoms with Gasteiger partial charge in [0.05, 0.1) is 9.85 Å². The van der Waals surface area contributed by atoms with Gasteiger partial charge in [-0.3, -0.25) is 0 Å². The standard InChI is InChI=1S/C13H11BrCl2S/c1-8-7-17-13(12(8)16)11(14)6-9-3-2-4-10(15)5-9/h2-5,7,11H,6H2,1H3. The third kappa shape index (κ3) is 3.25. The van der Waals surface area contributed by atoms with Crippen LogP contribution in [0.4, 0.5) is 0 Å². The molecule has 2 aromatic rings.